The van der Waals surface area contributed by atoms with Gasteiger partial charge in [0.25, 0.3) is 5.91 Å². The van der Waals surface area contributed by atoms with Crippen molar-refractivity contribution in [3.05, 3.63) is 45.9 Å². The summed E-state index contributed by atoms with van der Waals surface area (Å²) >= 11 is 7.31. The molecule has 0 aliphatic carbocycles. The lowest BCUT2D eigenvalue weighted by Gasteiger charge is -2.24. The molecule has 26 heavy (non-hydrogen) atoms. The predicted molar refractivity (Wildman–Crippen MR) is 104 cm³/mol. The van der Waals surface area contributed by atoms with Gasteiger partial charge in [0.2, 0.25) is 5.91 Å². The lowest BCUT2D eigenvalue weighted by atomic mass is 10.2. The van der Waals surface area contributed by atoms with Crippen molar-refractivity contribution in [1.82, 2.24) is 14.7 Å². The number of hydrogen-bond donors (Lipinski definition) is 1. The fraction of sp³-hybridized carbons (Fsp3) is 0.278. The topological polar surface area (TPSA) is 81.2 Å². The van der Waals surface area contributed by atoms with Crippen LogP contribution in [-0.4, -0.2) is 39.1 Å². The molecule has 3 rings (SSSR count). The molecule has 0 saturated carbocycles. The van der Waals surface area contributed by atoms with E-state index in [0.29, 0.717) is 9.90 Å². The van der Waals surface area contributed by atoms with Gasteiger partial charge in [-0.1, -0.05) is 11.6 Å². The molecule has 0 bridgehead atoms. The van der Waals surface area contributed by atoms with Crippen molar-refractivity contribution in [3.63, 3.8) is 0 Å². The molecule has 2 heterocycles. The number of thiophene rings is 1. The van der Waals surface area contributed by atoms with Gasteiger partial charge >= 0.3 is 0 Å². The standard InChI is InChI=1S/C18H19ClN4O2S/c1-10(2)22(9-16(20)24)17(25)15-8-14-11(3)21-23(18(14)26-15)13-6-4-12(19)5-7-13/h4-8,10H,9H2,1-3H3,(H2,20,24). The third-order valence-corrected chi connectivity index (χ3v) is 5.39. The zero-order chi connectivity index (χ0) is 19.0. The lowest BCUT2D eigenvalue weighted by Crippen LogP contribution is -2.42. The van der Waals surface area contributed by atoms with Gasteiger partial charge in [-0.15, -0.1) is 11.3 Å². The molecular weight excluding hydrogens is 372 g/mol. The second kappa shape index (κ2) is 7.09. The van der Waals surface area contributed by atoms with Crippen LogP contribution in [0, 0.1) is 6.92 Å². The Morgan fingerprint density at radius 1 is 1.31 bits per heavy atom. The smallest absolute Gasteiger partial charge is 0.264 e. The summed E-state index contributed by atoms with van der Waals surface area (Å²) in [5.74, 6) is -0.737. The quantitative estimate of drug-likeness (QED) is 0.725. The first kappa shape index (κ1) is 18.4. The third-order valence-electron chi connectivity index (χ3n) is 4.04. The number of carbonyl (C=O) groups is 2. The van der Waals surface area contributed by atoms with Crippen LogP contribution in [0.15, 0.2) is 30.3 Å². The molecule has 3 aromatic rings. The highest BCUT2D eigenvalue weighted by Crippen LogP contribution is 2.31. The Hall–Kier alpha value is -2.38. The van der Waals surface area contributed by atoms with E-state index in [2.05, 4.69) is 5.10 Å². The Morgan fingerprint density at radius 2 is 1.96 bits per heavy atom. The first-order valence-electron chi connectivity index (χ1n) is 8.12. The van der Waals surface area contributed by atoms with Crippen LogP contribution in [0.5, 0.6) is 0 Å². The first-order valence-corrected chi connectivity index (χ1v) is 9.31. The van der Waals surface area contributed by atoms with Gasteiger partial charge in [-0.05, 0) is 51.1 Å². The van der Waals surface area contributed by atoms with E-state index in [4.69, 9.17) is 17.3 Å². The van der Waals surface area contributed by atoms with Crippen LogP contribution in [0.25, 0.3) is 15.9 Å². The third kappa shape index (κ3) is 3.45. The zero-order valence-electron chi connectivity index (χ0n) is 14.7. The van der Waals surface area contributed by atoms with Gasteiger partial charge < -0.3 is 10.6 Å². The van der Waals surface area contributed by atoms with E-state index in [1.807, 2.05) is 39.0 Å². The lowest BCUT2D eigenvalue weighted by molar-refractivity contribution is -0.119. The molecule has 0 saturated heterocycles. The highest BCUT2D eigenvalue weighted by Gasteiger charge is 2.24. The van der Waals surface area contributed by atoms with Gasteiger partial charge in [-0.2, -0.15) is 5.10 Å². The van der Waals surface area contributed by atoms with Crippen molar-refractivity contribution >= 4 is 45.0 Å². The number of nitrogens with zero attached hydrogens (tertiary/aromatic N) is 3. The summed E-state index contributed by atoms with van der Waals surface area (Å²) in [6.45, 7) is 5.51. The number of amides is 2. The van der Waals surface area contributed by atoms with Gasteiger partial charge in [-0.25, -0.2) is 4.68 Å². The van der Waals surface area contributed by atoms with Gasteiger partial charge in [0, 0.05) is 16.5 Å². The van der Waals surface area contributed by atoms with E-state index < -0.39 is 5.91 Å². The SMILES string of the molecule is Cc1nn(-c2ccc(Cl)cc2)c2sc(C(=O)N(CC(N)=O)C(C)C)cc12. The zero-order valence-corrected chi connectivity index (χ0v) is 16.3. The Balaban J connectivity index is 2.04. The minimum atomic E-state index is -0.531. The van der Waals surface area contributed by atoms with Gasteiger partial charge in [0.05, 0.1) is 22.8 Å². The number of rotatable bonds is 5. The number of hydrogen-bond acceptors (Lipinski definition) is 4. The Kier molecular flexibility index (Phi) is 5.02. The summed E-state index contributed by atoms with van der Waals surface area (Å²) in [7, 11) is 0. The molecule has 0 unspecified atom stereocenters. The molecule has 8 heteroatoms. The van der Waals surface area contributed by atoms with Gasteiger partial charge in [0.1, 0.15) is 4.83 Å². The van der Waals surface area contributed by atoms with Crippen LogP contribution in [-0.2, 0) is 4.79 Å². The molecule has 0 aliphatic heterocycles. The van der Waals surface area contributed by atoms with Gasteiger partial charge in [0.15, 0.2) is 0 Å². The minimum Gasteiger partial charge on any atom is -0.368 e. The number of aromatic nitrogens is 2. The fourth-order valence-corrected chi connectivity index (χ4v) is 3.97. The Labute approximate surface area is 160 Å². The molecule has 0 atom stereocenters. The molecule has 6 nitrogen and oxygen atoms in total. The van der Waals surface area contributed by atoms with Crippen LogP contribution in [0.1, 0.15) is 29.2 Å². The highest BCUT2D eigenvalue weighted by atomic mass is 35.5. The average Bonchev–Trinajstić information content (AvgIpc) is 3.13. The molecule has 0 fully saturated rings. The summed E-state index contributed by atoms with van der Waals surface area (Å²) in [5.41, 5.74) is 6.98. The van der Waals surface area contributed by atoms with Crippen LogP contribution in [0.4, 0.5) is 0 Å². The van der Waals surface area contributed by atoms with Crippen molar-refractivity contribution < 1.29 is 9.59 Å². The predicted octanol–water partition coefficient (Wildman–Crippen LogP) is 3.38. The maximum Gasteiger partial charge on any atom is 0.264 e. The molecular formula is C18H19ClN4O2S. The molecule has 2 amide bonds. The summed E-state index contributed by atoms with van der Waals surface area (Å²) in [4.78, 5) is 27.1. The number of aryl methyl sites for hydroxylation is 1. The monoisotopic (exact) mass is 390 g/mol. The summed E-state index contributed by atoms with van der Waals surface area (Å²) in [6.07, 6.45) is 0. The normalized spacial score (nSPS) is 11.3. The van der Waals surface area contributed by atoms with E-state index in [1.165, 1.54) is 16.2 Å². The van der Waals surface area contributed by atoms with Crippen LogP contribution in [0.2, 0.25) is 5.02 Å². The summed E-state index contributed by atoms with van der Waals surface area (Å²) < 4.78 is 1.80. The minimum absolute atomic E-state index is 0.104. The van der Waals surface area contributed by atoms with Crippen molar-refractivity contribution in [2.24, 2.45) is 5.73 Å². The van der Waals surface area contributed by atoms with E-state index in [-0.39, 0.29) is 18.5 Å². The number of benzene rings is 1. The van der Waals surface area contributed by atoms with Crippen molar-refractivity contribution in [2.75, 3.05) is 6.54 Å². The van der Waals surface area contributed by atoms with Crippen molar-refractivity contribution in [1.29, 1.82) is 0 Å². The molecule has 0 aliphatic rings. The number of fused-ring (bicyclic) bond motifs is 1. The maximum absolute atomic E-state index is 12.9. The highest BCUT2D eigenvalue weighted by molar-refractivity contribution is 7.20. The molecule has 1 aromatic carbocycles. The molecule has 0 spiro atoms. The summed E-state index contributed by atoms with van der Waals surface area (Å²) in [5, 5.41) is 6.12. The van der Waals surface area contributed by atoms with E-state index >= 15 is 0 Å². The van der Waals surface area contributed by atoms with Crippen molar-refractivity contribution in [2.45, 2.75) is 26.8 Å². The molecule has 2 aromatic heterocycles. The fourth-order valence-electron chi connectivity index (χ4n) is 2.71. The van der Waals surface area contributed by atoms with Gasteiger partial charge in [-0.3, -0.25) is 9.59 Å². The molecule has 2 N–H and O–H groups in total. The second-order valence-corrected chi connectivity index (χ2v) is 7.76. The number of nitrogens with two attached hydrogens (primary N) is 1. The molecule has 0 radical (unpaired) electrons. The Morgan fingerprint density at radius 3 is 2.54 bits per heavy atom. The molecule has 136 valence electrons. The largest absolute Gasteiger partial charge is 0.368 e. The van der Waals surface area contributed by atoms with Crippen LogP contribution >= 0.6 is 22.9 Å². The number of halogens is 1. The van der Waals surface area contributed by atoms with Crippen LogP contribution < -0.4 is 5.73 Å². The van der Waals surface area contributed by atoms with E-state index in [0.717, 1.165) is 21.6 Å². The number of carbonyl (C=O) groups excluding carboxylic acids is 2. The average molecular weight is 391 g/mol. The van der Waals surface area contributed by atoms with E-state index in [1.54, 1.807) is 16.8 Å². The van der Waals surface area contributed by atoms with E-state index in [9.17, 15) is 9.59 Å². The first-order chi connectivity index (χ1) is 12.3. The number of primary amides is 1. The summed E-state index contributed by atoms with van der Waals surface area (Å²) in [6, 6.07) is 9.05. The van der Waals surface area contributed by atoms with Crippen molar-refractivity contribution in [3.8, 4) is 5.69 Å². The van der Waals surface area contributed by atoms with Crippen LogP contribution in [0.3, 0.4) is 0 Å². The Bertz CT molecular complexity index is 975. The maximum atomic E-state index is 12.9. The second-order valence-electron chi connectivity index (χ2n) is 6.30.